The van der Waals surface area contributed by atoms with Crippen LogP contribution in [-0.2, 0) is 14.3 Å². The fourth-order valence-electron chi connectivity index (χ4n) is 2.50. The summed E-state index contributed by atoms with van der Waals surface area (Å²) in [6.07, 6.45) is 0.707. The van der Waals surface area contributed by atoms with Crippen LogP contribution in [0.2, 0.25) is 0 Å². The number of non-ortho nitro benzene ring substituents is 1. The van der Waals surface area contributed by atoms with Crippen LogP contribution in [0.4, 0.5) is 11.4 Å². The normalized spacial score (nSPS) is 14.5. The average Bonchev–Trinajstić information content (AvgIpc) is 2.65. The summed E-state index contributed by atoms with van der Waals surface area (Å²) in [7, 11) is 1.36. The van der Waals surface area contributed by atoms with Crippen molar-refractivity contribution in [1.82, 2.24) is 10.2 Å². The van der Waals surface area contributed by atoms with Gasteiger partial charge >= 0.3 is 11.8 Å². The van der Waals surface area contributed by atoms with Crippen LogP contribution in [0.1, 0.15) is 6.42 Å². The van der Waals surface area contributed by atoms with E-state index in [0.29, 0.717) is 26.2 Å². The number of carbonyl (C=O) groups excluding carboxylic acids is 2. The molecule has 0 aromatic heterocycles. The minimum atomic E-state index is -0.907. The van der Waals surface area contributed by atoms with Gasteiger partial charge in [0.25, 0.3) is 5.69 Å². The van der Waals surface area contributed by atoms with Crippen molar-refractivity contribution < 1.29 is 24.0 Å². The molecule has 1 aliphatic rings. The Morgan fingerprint density at radius 3 is 2.69 bits per heavy atom. The van der Waals surface area contributed by atoms with Gasteiger partial charge in [0.2, 0.25) is 0 Å². The molecule has 1 aromatic rings. The molecule has 1 fully saturated rings. The third kappa shape index (κ3) is 5.67. The number of hydrogen-bond donors (Lipinski definition) is 2. The summed E-state index contributed by atoms with van der Waals surface area (Å²) >= 11 is 0. The molecule has 0 radical (unpaired) electrons. The van der Waals surface area contributed by atoms with Crippen molar-refractivity contribution in [1.29, 1.82) is 0 Å². The molecule has 0 unspecified atom stereocenters. The number of rotatable bonds is 7. The molecule has 0 saturated carbocycles. The molecule has 2 N–H and O–H groups in total. The molecule has 26 heavy (non-hydrogen) atoms. The molecule has 10 nitrogen and oxygen atoms in total. The summed E-state index contributed by atoms with van der Waals surface area (Å²) in [4.78, 5) is 36.3. The van der Waals surface area contributed by atoms with Gasteiger partial charge in [-0.05, 0) is 19.0 Å². The zero-order valence-electron chi connectivity index (χ0n) is 14.5. The maximum Gasteiger partial charge on any atom is 0.313 e. The highest BCUT2D eigenvalue weighted by atomic mass is 16.6. The summed E-state index contributed by atoms with van der Waals surface area (Å²) in [5.41, 5.74) is -0.151. The summed E-state index contributed by atoms with van der Waals surface area (Å²) in [5.74, 6) is -1.49. The van der Waals surface area contributed by atoms with E-state index >= 15 is 0 Å². The standard InChI is InChI=1S/C16H22N4O6/c1-25-14-4-3-12(20(23)24)11-13(14)18-16(22)15(21)17-5-2-6-19-7-9-26-10-8-19/h3-4,11H,2,5-10H2,1H3,(H,17,21)(H,18,22). The van der Waals surface area contributed by atoms with Crippen LogP contribution in [0, 0.1) is 10.1 Å². The monoisotopic (exact) mass is 366 g/mol. The Bertz CT molecular complexity index is 660. The molecule has 10 heteroatoms. The zero-order valence-corrected chi connectivity index (χ0v) is 14.5. The van der Waals surface area contributed by atoms with Crippen molar-refractivity contribution in [2.45, 2.75) is 6.42 Å². The van der Waals surface area contributed by atoms with E-state index in [1.807, 2.05) is 0 Å². The van der Waals surface area contributed by atoms with Gasteiger partial charge in [0.05, 0.1) is 30.9 Å². The number of benzene rings is 1. The third-order valence-corrected chi connectivity index (χ3v) is 3.89. The zero-order chi connectivity index (χ0) is 18.9. The number of hydrogen-bond acceptors (Lipinski definition) is 7. The fraction of sp³-hybridized carbons (Fsp3) is 0.500. The van der Waals surface area contributed by atoms with Gasteiger partial charge in [-0.3, -0.25) is 24.6 Å². The Hall–Kier alpha value is -2.72. The van der Waals surface area contributed by atoms with Crippen LogP contribution in [0.3, 0.4) is 0 Å². The molecule has 2 rings (SSSR count). The second kappa shape index (κ2) is 9.68. The largest absolute Gasteiger partial charge is 0.495 e. The Kier molecular flexibility index (Phi) is 7.30. The molecule has 0 spiro atoms. The Labute approximate surface area is 150 Å². The smallest absolute Gasteiger partial charge is 0.313 e. The maximum atomic E-state index is 12.0. The number of nitrogens with one attached hydrogen (secondary N) is 2. The number of morpholine rings is 1. The van der Waals surface area contributed by atoms with E-state index in [2.05, 4.69) is 15.5 Å². The molecule has 1 saturated heterocycles. The number of nitro groups is 1. The first-order valence-corrected chi connectivity index (χ1v) is 8.23. The Morgan fingerprint density at radius 1 is 1.31 bits per heavy atom. The lowest BCUT2D eigenvalue weighted by atomic mass is 10.2. The van der Waals surface area contributed by atoms with E-state index in [9.17, 15) is 19.7 Å². The maximum absolute atomic E-state index is 12.0. The topological polar surface area (TPSA) is 123 Å². The minimum absolute atomic E-state index is 0.0650. The lowest BCUT2D eigenvalue weighted by Gasteiger charge is -2.26. The number of methoxy groups -OCH3 is 1. The Morgan fingerprint density at radius 2 is 2.04 bits per heavy atom. The van der Waals surface area contributed by atoms with Gasteiger partial charge in [-0.25, -0.2) is 0 Å². The molecule has 142 valence electrons. The van der Waals surface area contributed by atoms with E-state index in [4.69, 9.17) is 9.47 Å². The highest BCUT2D eigenvalue weighted by molar-refractivity contribution is 6.39. The summed E-state index contributed by atoms with van der Waals surface area (Å²) in [6.45, 7) is 4.31. The van der Waals surface area contributed by atoms with E-state index in [1.165, 1.54) is 19.2 Å². The van der Waals surface area contributed by atoms with Crippen molar-refractivity contribution in [3.8, 4) is 5.75 Å². The lowest BCUT2D eigenvalue weighted by Crippen LogP contribution is -2.39. The number of anilines is 1. The van der Waals surface area contributed by atoms with Crippen molar-refractivity contribution in [3.63, 3.8) is 0 Å². The lowest BCUT2D eigenvalue weighted by molar-refractivity contribution is -0.384. The summed E-state index contributed by atoms with van der Waals surface area (Å²) < 4.78 is 10.3. The van der Waals surface area contributed by atoms with E-state index in [0.717, 1.165) is 25.7 Å². The van der Waals surface area contributed by atoms with E-state index in [1.54, 1.807) is 0 Å². The first kappa shape index (κ1) is 19.6. The van der Waals surface area contributed by atoms with Crippen LogP contribution < -0.4 is 15.4 Å². The van der Waals surface area contributed by atoms with Crippen molar-refractivity contribution >= 4 is 23.2 Å². The fourth-order valence-corrected chi connectivity index (χ4v) is 2.50. The number of nitro benzene ring substituents is 1. The van der Waals surface area contributed by atoms with Gasteiger partial charge < -0.3 is 20.1 Å². The number of amides is 2. The van der Waals surface area contributed by atoms with E-state index in [-0.39, 0.29) is 17.1 Å². The molecule has 1 aromatic carbocycles. The van der Waals surface area contributed by atoms with Gasteiger partial charge in [0.15, 0.2) is 0 Å². The molecule has 1 aliphatic heterocycles. The van der Waals surface area contributed by atoms with Gasteiger partial charge in [-0.1, -0.05) is 0 Å². The van der Waals surface area contributed by atoms with Crippen LogP contribution >= 0.6 is 0 Å². The molecule has 1 heterocycles. The highest BCUT2D eigenvalue weighted by Crippen LogP contribution is 2.28. The first-order chi connectivity index (χ1) is 12.5. The number of nitrogens with zero attached hydrogens (tertiary/aromatic N) is 2. The van der Waals surface area contributed by atoms with E-state index < -0.39 is 16.7 Å². The predicted molar refractivity (Wildman–Crippen MR) is 93.2 cm³/mol. The molecule has 0 aliphatic carbocycles. The SMILES string of the molecule is COc1ccc([N+](=O)[O-])cc1NC(=O)C(=O)NCCCN1CCOCC1. The van der Waals surface area contributed by atoms with Crippen LogP contribution in [0.15, 0.2) is 18.2 Å². The molecule has 0 bridgehead atoms. The van der Waals surface area contributed by atoms with Gasteiger partial charge in [-0.15, -0.1) is 0 Å². The molecule has 0 atom stereocenters. The predicted octanol–water partition coefficient (Wildman–Crippen LogP) is 0.380. The second-order valence-corrected chi connectivity index (χ2v) is 5.66. The summed E-state index contributed by atoms with van der Waals surface area (Å²) in [5, 5.41) is 15.7. The van der Waals surface area contributed by atoms with Crippen LogP contribution in [-0.4, -0.2) is 68.1 Å². The van der Waals surface area contributed by atoms with Gasteiger partial charge in [-0.2, -0.15) is 0 Å². The van der Waals surface area contributed by atoms with Gasteiger partial charge in [0.1, 0.15) is 5.75 Å². The van der Waals surface area contributed by atoms with Gasteiger partial charge in [0, 0.05) is 31.8 Å². The molecular weight excluding hydrogens is 344 g/mol. The Balaban J connectivity index is 1.81. The van der Waals surface area contributed by atoms with Crippen LogP contribution in [0.5, 0.6) is 5.75 Å². The van der Waals surface area contributed by atoms with Crippen molar-refractivity contribution in [2.75, 3.05) is 51.8 Å². The summed E-state index contributed by atoms with van der Waals surface area (Å²) in [6, 6.07) is 3.75. The minimum Gasteiger partial charge on any atom is -0.495 e. The number of ether oxygens (including phenoxy) is 2. The second-order valence-electron chi connectivity index (χ2n) is 5.66. The quantitative estimate of drug-likeness (QED) is 0.309. The van der Waals surface area contributed by atoms with Crippen molar-refractivity contribution in [2.24, 2.45) is 0 Å². The highest BCUT2D eigenvalue weighted by Gasteiger charge is 2.18. The third-order valence-electron chi connectivity index (χ3n) is 3.89. The molecular formula is C16H22N4O6. The van der Waals surface area contributed by atoms with Crippen LogP contribution in [0.25, 0.3) is 0 Å². The van der Waals surface area contributed by atoms with Crippen molar-refractivity contribution in [3.05, 3.63) is 28.3 Å². The number of carbonyl (C=O) groups is 2. The first-order valence-electron chi connectivity index (χ1n) is 8.23. The molecule has 2 amide bonds. The average molecular weight is 366 g/mol.